The summed E-state index contributed by atoms with van der Waals surface area (Å²) in [5.74, 6) is 1.84. The van der Waals surface area contributed by atoms with Gasteiger partial charge in [-0.3, -0.25) is 0 Å². The highest BCUT2D eigenvalue weighted by molar-refractivity contribution is 9.35. The normalized spacial score (nSPS) is 13.5. The highest BCUT2D eigenvalue weighted by Gasteiger charge is 2.44. The van der Waals surface area contributed by atoms with Gasteiger partial charge in [-0.2, -0.15) is 0 Å². The molecule has 0 bridgehead atoms. The number of hydrogen-bond acceptors (Lipinski definition) is 11. The van der Waals surface area contributed by atoms with Crippen LogP contribution in [0.3, 0.4) is 0 Å². The van der Waals surface area contributed by atoms with Crippen molar-refractivity contribution in [3.05, 3.63) is 0 Å². The zero-order valence-electron chi connectivity index (χ0n) is 23.8. The summed E-state index contributed by atoms with van der Waals surface area (Å²) in [6, 6.07) is 1.61. The maximum Gasteiger partial charge on any atom is 0.502 e. The van der Waals surface area contributed by atoms with Crippen molar-refractivity contribution in [2.75, 3.05) is 11.5 Å². The SMILES string of the molecule is CC(C)O[Si](CCSSSSSCC[Si](OC(C)C)(OC(C)C)OC(C)C)(OC(C)C)OC(C)C. The van der Waals surface area contributed by atoms with Gasteiger partial charge in [0.25, 0.3) is 0 Å². The molecule has 0 aromatic rings. The molecule has 0 amide bonds. The van der Waals surface area contributed by atoms with E-state index in [2.05, 4.69) is 0 Å². The number of rotatable bonds is 22. The molecule has 0 radical (unpaired) electrons. The van der Waals surface area contributed by atoms with Crippen LogP contribution in [0.15, 0.2) is 0 Å². The molecule has 0 N–H and O–H groups in total. The molecule has 0 fully saturated rings. The second kappa shape index (κ2) is 19.9. The lowest BCUT2D eigenvalue weighted by Crippen LogP contribution is -2.51. The first kappa shape index (κ1) is 36.9. The van der Waals surface area contributed by atoms with Crippen molar-refractivity contribution in [1.82, 2.24) is 0 Å². The minimum Gasteiger partial charge on any atom is -0.371 e. The van der Waals surface area contributed by atoms with Crippen LogP contribution in [0, 0.1) is 0 Å². The van der Waals surface area contributed by atoms with E-state index < -0.39 is 17.6 Å². The third kappa shape index (κ3) is 19.6. The molecule has 0 aliphatic heterocycles. The zero-order chi connectivity index (χ0) is 27.1. The van der Waals surface area contributed by atoms with E-state index in [9.17, 15) is 0 Å². The minimum atomic E-state index is -2.72. The molecule has 0 aromatic carbocycles. The van der Waals surface area contributed by atoms with Crippen molar-refractivity contribution in [3.8, 4) is 0 Å². The molecule has 13 heteroatoms. The molecule has 0 aliphatic rings. The largest absolute Gasteiger partial charge is 0.502 e. The Bertz CT molecular complexity index is 434. The Morgan fingerprint density at radius 3 is 0.829 bits per heavy atom. The molecule has 0 aromatic heterocycles. The molecule has 0 heterocycles. The van der Waals surface area contributed by atoms with Gasteiger partial charge >= 0.3 is 17.6 Å². The van der Waals surface area contributed by atoms with E-state index in [1.54, 1.807) is 29.5 Å². The molecule has 6 nitrogen and oxygen atoms in total. The van der Waals surface area contributed by atoms with Gasteiger partial charge in [-0.25, -0.2) is 0 Å². The average Bonchev–Trinajstić information content (AvgIpc) is 2.63. The van der Waals surface area contributed by atoms with Gasteiger partial charge in [0.15, 0.2) is 0 Å². The smallest absolute Gasteiger partial charge is 0.371 e. The Labute approximate surface area is 237 Å². The third-order valence-corrected chi connectivity index (χ3v) is 19.7. The predicted octanol–water partition coefficient (Wildman–Crippen LogP) is 8.74. The number of hydrogen-bond donors (Lipinski definition) is 0. The minimum absolute atomic E-state index is 0.0767. The molecule has 0 saturated heterocycles. The van der Waals surface area contributed by atoms with Crippen LogP contribution in [0.4, 0.5) is 0 Å². The predicted molar refractivity (Wildman–Crippen MR) is 166 cm³/mol. The van der Waals surface area contributed by atoms with Crippen LogP contribution >= 0.6 is 51.1 Å². The molecule has 0 aliphatic carbocycles. The standard InChI is InChI=1S/C22H50O6S5Si2/c1-17(2)23-34(24-18(3)4,25-19(5)6)15-13-29-31-33-32-30-14-16-35(26-20(7)8,27-21(9)10)28-22(11)12/h17-22H,13-16H2,1-12H3. The summed E-state index contributed by atoms with van der Waals surface area (Å²) in [4.78, 5) is 0. The van der Waals surface area contributed by atoms with Crippen molar-refractivity contribution in [2.45, 2.75) is 132 Å². The van der Waals surface area contributed by atoms with E-state index >= 15 is 0 Å². The highest BCUT2D eigenvalue weighted by atomic mass is 33.8. The van der Waals surface area contributed by atoms with Crippen molar-refractivity contribution < 1.29 is 26.6 Å². The lowest BCUT2D eigenvalue weighted by atomic mass is 10.5. The van der Waals surface area contributed by atoms with E-state index in [0.29, 0.717) is 0 Å². The molecule has 0 rings (SSSR count). The van der Waals surface area contributed by atoms with Crippen LogP contribution in [0.25, 0.3) is 0 Å². The quantitative estimate of drug-likeness (QED) is 0.0658. The Hall–Kier alpha value is 1.94. The van der Waals surface area contributed by atoms with Gasteiger partial charge in [-0.15, -0.1) is 0 Å². The fourth-order valence-electron chi connectivity index (χ4n) is 3.13. The third-order valence-electron chi connectivity index (χ3n) is 3.63. The molecule has 0 unspecified atom stereocenters. The summed E-state index contributed by atoms with van der Waals surface area (Å²) < 4.78 is 37.5. The van der Waals surface area contributed by atoms with Gasteiger partial charge in [0.05, 0.1) is 0 Å². The summed E-state index contributed by atoms with van der Waals surface area (Å²) in [6.07, 6.45) is 0.460. The molecule has 212 valence electrons. The molecule has 0 saturated carbocycles. The molecular formula is C22H50O6S5Si2. The fraction of sp³-hybridized carbons (Fsp3) is 1.00. The maximum absolute atomic E-state index is 6.26. The first-order chi connectivity index (χ1) is 16.2. The van der Waals surface area contributed by atoms with Gasteiger partial charge in [0, 0.05) is 60.2 Å². The molecule has 0 atom stereocenters. The van der Waals surface area contributed by atoms with E-state index in [0.717, 1.165) is 23.6 Å². The van der Waals surface area contributed by atoms with Gasteiger partial charge < -0.3 is 26.6 Å². The van der Waals surface area contributed by atoms with Gasteiger partial charge in [0.2, 0.25) is 0 Å². The molecular weight excluding hydrogens is 577 g/mol. The maximum atomic E-state index is 6.26. The summed E-state index contributed by atoms with van der Waals surface area (Å²) >= 11 is 0. The van der Waals surface area contributed by atoms with E-state index in [1.165, 1.54) is 0 Å². The van der Waals surface area contributed by atoms with Gasteiger partial charge in [0.1, 0.15) is 0 Å². The first-order valence-electron chi connectivity index (χ1n) is 12.5. The van der Waals surface area contributed by atoms with Crippen molar-refractivity contribution in [2.24, 2.45) is 0 Å². The average molecular weight is 627 g/mol. The van der Waals surface area contributed by atoms with E-state index in [-0.39, 0.29) is 36.6 Å². The van der Waals surface area contributed by atoms with E-state index in [1.807, 2.05) is 105 Å². The summed E-state index contributed by atoms with van der Waals surface area (Å²) in [7, 11) is 3.57. The Kier molecular flexibility index (Phi) is 21.0. The van der Waals surface area contributed by atoms with Crippen molar-refractivity contribution in [1.29, 1.82) is 0 Å². The van der Waals surface area contributed by atoms with E-state index in [4.69, 9.17) is 26.6 Å². The van der Waals surface area contributed by atoms with Crippen LogP contribution in [0.1, 0.15) is 83.1 Å². The Morgan fingerprint density at radius 2 is 0.629 bits per heavy atom. The lowest BCUT2D eigenvalue weighted by Gasteiger charge is -2.34. The fourth-order valence-corrected chi connectivity index (χ4v) is 20.3. The van der Waals surface area contributed by atoms with Crippen LogP contribution < -0.4 is 0 Å². The van der Waals surface area contributed by atoms with Crippen LogP contribution in [0.5, 0.6) is 0 Å². The first-order valence-corrected chi connectivity index (χ1v) is 22.9. The van der Waals surface area contributed by atoms with Gasteiger partial charge in [-0.1, -0.05) is 21.6 Å². The van der Waals surface area contributed by atoms with Crippen molar-refractivity contribution in [3.63, 3.8) is 0 Å². The Balaban J connectivity index is 4.56. The lowest BCUT2D eigenvalue weighted by molar-refractivity contribution is 0.00326. The molecule has 0 spiro atoms. The van der Waals surface area contributed by atoms with Crippen LogP contribution in [-0.4, -0.2) is 65.7 Å². The molecule has 35 heavy (non-hydrogen) atoms. The Morgan fingerprint density at radius 1 is 0.400 bits per heavy atom. The second-order valence-electron chi connectivity index (χ2n) is 9.71. The topological polar surface area (TPSA) is 55.4 Å². The van der Waals surface area contributed by atoms with Gasteiger partial charge in [-0.05, 0) is 113 Å². The monoisotopic (exact) mass is 626 g/mol. The van der Waals surface area contributed by atoms with Crippen molar-refractivity contribution >= 4 is 68.7 Å². The van der Waals surface area contributed by atoms with Crippen LogP contribution in [0.2, 0.25) is 12.1 Å². The van der Waals surface area contributed by atoms with Crippen LogP contribution in [-0.2, 0) is 26.6 Å². The summed E-state index contributed by atoms with van der Waals surface area (Å²) in [5, 5.41) is 0. The zero-order valence-corrected chi connectivity index (χ0v) is 29.9. The summed E-state index contributed by atoms with van der Waals surface area (Å²) in [5.41, 5.74) is 0. The second-order valence-corrected chi connectivity index (χ2v) is 22.9. The highest BCUT2D eigenvalue weighted by Crippen LogP contribution is 2.49. The summed E-state index contributed by atoms with van der Waals surface area (Å²) in [6.45, 7) is 24.5.